The average molecular weight is 228 g/mol. The predicted octanol–water partition coefficient (Wildman–Crippen LogP) is 2.05. The molecule has 3 rings (SSSR count). The Balaban J connectivity index is 1.99. The normalized spacial score (nSPS) is 25.1. The van der Waals surface area contributed by atoms with Crippen molar-refractivity contribution in [3.63, 3.8) is 0 Å². The van der Waals surface area contributed by atoms with Crippen LogP contribution in [0.4, 0.5) is 11.4 Å². The van der Waals surface area contributed by atoms with Gasteiger partial charge in [0.15, 0.2) is 0 Å². The lowest BCUT2D eigenvalue weighted by Gasteiger charge is -2.32. The minimum atomic E-state index is -0.176. The molecule has 0 aromatic heterocycles. The molecule has 0 fully saturated rings. The van der Waals surface area contributed by atoms with Crippen LogP contribution in [-0.2, 0) is 9.53 Å². The average Bonchev–Trinajstić information content (AvgIpc) is 2.37. The molecule has 0 saturated heterocycles. The zero-order valence-electron chi connectivity index (χ0n) is 9.17. The second-order valence-corrected chi connectivity index (χ2v) is 4.08. The van der Waals surface area contributed by atoms with Crippen LogP contribution in [-0.4, -0.2) is 24.3 Å². The highest BCUT2D eigenvalue weighted by atomic mass is 16.5. The summed E-state index contributed by atoms with van der Waals surface area (Å²) >= 11 is 0. The van der Waals surface area contributed by atoms with Crippen LogP contribution in [0.5, 0.6) is 0 Å². The third-order valence-corrected chi connectivity index (χ3v) is 3.04. The second kappa shape index (κ2) is 4.05. The number of hydrogen-bond acceptors (Lipinski definition) is 4. The van der Waals surface area contributed by atoms with E-state index >= 15 is 0 Å². The Labute approximate surface area is 99.0 Å². The van der Waals surface area contributed by atoms with E-state index in [0.717, 1.165) is 23.5 Å². The number of ether oxygens (including phenoxy) is 1. The van der Waals surface area contributed by atoms with Crippen LogP contribution in [0.3, 0.4) is 0 Å². The molecular formula is C13H12N2O2. The summed E-state index contributed by atoms with van der Waals surface area (Å²) in [6.45, 7) is 0.504. The first-order valence-corrected chi connectivity index (χ1v) is 5.58. The van der Waals surface area contributed by atoms with E-state index in [2.05, 4.69) is 10.3 Å². The van der Waals surface area contributed by atoms with Crippen LogP contribution in [0.15, 0.2) is 41.4 Å². The summed E-state index contributed by atoms with van der Waals surface area (Å²) in [5.41, 5.74) is 2.83. The molecule has 0 bridgehead atoms. The third-order valence-electron chi connectivity index (χ3n) is 3.04. The lowest BCUT2D eigenvalue weighted by molar-refractivity contribution is -0.133. The van der Waals surface area contributed by atoms with Crippen molar-refractivity contribution in [1.29, 1.82) is 0 Å². The van der Waals surface area contributed by atoms with Gasteiger partial charge in [-0.1, -0.05) is 18.2 Å². The van der Waals surface area contributed by atoms with Crippen molar-refractivity contribution in [2.24, 2.45) is 4.99 Å². The van der Waals surface area contributed by atoms with Gasteiger partial charge in [-0.3, -0.25) is 4.79 Å². The van der Waals surface area contributed by atoms with Crippen LogP contribution < -0.4 is 5.32 Å². The van der Waals surface area contributed by atoms with Gasteiger partial charge in [0.05, 0.1) is 17.1 Å². The third kappa shape index (κ3) is 1.71. The molecule has 0 radical (unpaired) electrons. The summed E-state index contributed by atoms with van der Waals surface area (Å²) < 4.78 is 5.09. The smallest absolute Gasteiger partial charge is 0.293 e. The number of nitrogens with zero attached hydrogens (tertiary/aromatic N) is 1. The van der Waals surface area contributed by atoms with Gasteiger partial charge in [0.25, 0.3) is 6.47 Å². The molecular weight excluding hydrogens is 216 g/mol. The molecule has 0 spiro atoms. The molecule has 2 aliphatic rings. The number of anilines is 1. The van der Waals surface area contributed by atoms with Gasteiger partial charge in [-0.2, -0.15) is 0 Å². The zero-order valence-corrected chi connectivity index (χ0v) is 9.17. The molecule has 1 heterocycles. The number of fused-ring (bicyclic) bond motifs is 2. The van der Waals surface area contributed by atoms with E-state index in [1.54, 1.807) is 0 Å². The largest absolute Gasteiger partial charge is 0.462 e. The summed E-state index contributed by atoms with van der Waals surface area (Å²) in [7, 11) is 0. The maximum absolute atomic E-state index is 10.5. The zero-order chi connectivity index (χ0) is 11.7. The van der Waals surface area contributed by atoms with E-state index in [1.165, 1.54) is 0 Å². The van der Waals surface area contributed by atoms with Crippen molar-refractivity contribution in [3.8, 4) is 0 Å². The van der Waals surface area contributed by atoms with E-state index < -0.39 is 0 Å². The minimum absolute atomic E-state index is 0.0416. The summed E-state index contributed by atoms with van der Waals surface area (Å²) in [5.74, 6) is 0. The van der Waals surface area contributed by atoms with Crippen molar-refractivity contribution in [1.82, 2.24) is 0 Å². The van der Waals surface area contributed by atoms with E-state index in [-0.39, 0.29) is 12.1 Å². The van der Waals surface area contributed by atoms with Crippen molar-refractivity contribution in [3.05, 3.63) is 36.4 Å². The first kappa shape index (κ1) is 10.1. The highest BCUT2D eigenvalue weighted by Gasteiger charge is 2.31. The molecule has 1 aliphatic heterocycles. The number of nitrogens with one attached hydrogen (secondary N) is 1. The minimum Gasteiger partial charge on any atom is -0.462 e. The highest BCUT2D eigenvalue weighted by Crippen LogP contribution is 2.32. The summed E-state index contributed by atoms with van der Waals surface area (Å²) in [6, 6.07) is 7.81. The molecule has 17 heavy (non-hydrogen) atoms. The highest BCUT2D eigenvalue weighted by molar-refractivity contribution is 6.06. The van der Waals surface area contributed by atoms with E-state index in [1.807, 2.05) is 36.4 Å². The lowest BCUT2D eigenvalue weighted by atomic mass is 9.94. The van der Waals surface area contributed by atoms with Crippen LogP contribution in [0.2, 0.25) is 0 Å². The van der Waals surface area contributed by atoms with Crippen LogP contribution >= 0.6 is 0 Å². The van der Waals surface area contributed by atoms with Crippen LogP contribution in [0.25, 0.3) is 0 Å². The first-order valence-electron chi connectivity index (χ1n) is 5.58. The van der Waals surface area contributed by atoms with Gasteiger partial charge in [0.2, 0.25) is 0 Å². The van der Waals surface area contributed by atoms with Crippen molar-refractivity contribution in [2.75, 3.05) is 5.32 Å². The fourth-order valence-corrected chi connectivity index (χ4v) is 2.23. The first-order chi connectivity index (χ1) is 8.38. The molecule has 1 N–H and O–H groups in total. The van der Waals surface area contributed by atoms with Crippen molar-refractivity contribution < 1.29 is 9.53 Å². The monoisotopic (exact) mass is 228 g/mol. The van der Waals surface area contributed by atoms with Crippen LogP contribution in [0.1, 0.15) is 6.42 Å². The molecule has 0 amide bonds. The maximum Gasteiger partial charge on any atom is 0.293 e. The fraction of sp³-hybridized carbons (Fsp3) is 0.231. The Morgan fingerprint density at radius 1 is 1.41 bits per heavy atom. The number of hydrogen-bond donors (Lipinski definition) is 1. The molecule has 1 aromatic carbocycles. The molecule has 4 heteroatoms. The van der Waals surface area contributed by atoms with Gasteiger partial charge in [-0.25, -0.2) is 4.99 Å². The van der Waals surface area contributed by atoms with Gasteiger partial charge in [0.1, 0.15) is 12.1 Å². The fourth-order valence-electron chi connectivity index (χ4n) is 2.23. The number of benzene rings is 1. The van der Waals surface area contributed by atoms with Crippen molar-refractivity contribution in [2.45, 2.75) is 18.6 Å². The molecule has 1 aliphatic carbocycles. The van der Waals surface area contributed by atoms with Gasteiger partial charge in [0, 0.05) is 6.42 Å². The molecule has 0 unspecified atom stereocenters. The summed E-state index contributed by atoms with van der Waals surface area (Å²) in [5, 5.41) is 3.37. The second-order valence-electron chi connectivity index (χ2n) is 4.08. The molecule has 0 saturated carbocycles. The number of aliphatic imine (C=N–C) groups is 1. The summed E-state index contributed by atoms with van der Waals surface area (Å²) in [4.78, 5) is 15.1. The number of para-hydroxylation sites is 2. The summed E-state index contributed by atoms with van der Waals surface area (Å²) in [6.07, 6.45) is 4.51. The SMILES string of the molecule is O=CO[C@@H]1CC=CC2=Nc3ccccc3N[C@H]21. The van der Waals surface area contributed by atoms with Gasteiger partial charge < -0.3 is 10.1 Å². The maximum atomic E-state index is 10.5. The van der Waals surface area contributed by atoms with Gasteiger partial charge >= 0.3 is 0 Å². The van der Waals surface area contributed by atoms with Crippen molar-refractivity contribution >= 4 is 23.6 Å². The van der Waals surface area contributed by atoms with Gasteiger partial charge in [-0.15, -0.1) is 0 Å². The Hall–Kier alpha value is -2.10. The standard InChI is InChI=1S/C13H12N2O2/c16-8-17-12-7-3-6-11-13(12)15-10-5-2-1-4-9(10)14-11/h1-6,8,12-13,15H,7H2/t12-,13-/m1/s1. The van der Waals surface area contributed by atoms with Gasteiger partial charge in [-0.05, 0) is 18.2 Å². The topological polar surface area (TPSA) is 50.7 Å². The van der Waals surface area contributed by atoms with Crippen LogP contribution in [0, 0.1) is 0 Å². The van der Waals surface area contributed by atoms with E-state index in [0.29, 0.717) is 6.47 Å². The molecule has 86 valence electrons. The lowest BCUT2D eigenvalue weighted by Crippen LogP contribution is -2.44. The predicted molar refractivity (Wildman–Crippen MR) is 65.6 cm³/mol. The number of rotatable bonds is 2. The number of carbonyl (C=O) groups is 1. The molecule has 2 atom stereocenters. The van der Waals surface area contributed by atoms with E-state index in [4.69, 9.17) is 4.74 Å². The quantitative estimate of drug-likeness (QED) is 0.788. The van der Waals surface area contributed by atoms with E-state index in [9.17, 15) is 4.79 Å². The molecule has 4 nitrogen and oxygen atoms in total. The Bertz CT molecular complexity index is 508. The Morgan fingerprint density at radius 3 is 3.18 bits per heavy atom. The number of carbonyl (C=O) groups excluding carboxylic acids is 1. The molecule has 1 aromatic rings. The Kier molecular flexibility index (Phi) is 2.40. The Morgan fingerprint density at radius 2 is 2.29 bits per heavy atom.